The number of carbonyl (C=O) groups is 1. The van der Waals surface area contributed by atoms with Crippen LogP contribution >= 0.6 is 11.9 Å². The van der Waals surface area contributed by atoms with Crippen LogP contribution in [0.15, 0.2) is 78.0 Å². The number of rotatable bonds is 5. The maximum atomic E-state index is 14.8. The molecule has 1 amide bonds. The molecular formula is C36H43FN6O3S. The van der Waals surface area contributed by atoms with Gasteiger partial charge in [-0.15, -0.1) is 0 Å². The molecule has 11 heteroatoms. The molecule has 2 aliphatic heterocycles. The van der Waals surface area contributed by atoms with E-state index in [0.29, 0.717) is 51.9 Å². The minimum Gasteiger partial charge on any atom is -0.493 e. The van der Waals surface area contributed by atoms with Crippen molar-refractivity contribution in [2.45, 2.75) is 63.6 Å². The van der Waals surface area contributed by atoms with E-state index in [0.717, 1.165) is 56.4 Å². The van der Waals surface area contributed by atoms with Crippen LogP contribution in [0.3, 0.4) is 0 Å². The number of nitrogens with zero attached hydrogens (tertiary/aromatic N) is 4. The van der Waals surface area contributed by atoms with Crippen LogP contribution < -0.4 is 19.7 Å². The van der Waals surface area contributed by atoms with Crippen molar-refractivity contribution in [2.24, 2.45) is 11.8 Å². The van der Waals surface area contributed by atoms with Crippen LogP contribution in [0.4, 0.5) is 16.0 Å². The van der Waals surface area contributed by atoms with Gasteiger partial charge in [-0.1, -0.05) is 26.0 Å². The van der Waals surface area contributed by atoms with Crippen molar-refractivity contribution in [3.8, 4) is 17.0 Å². The molecule has 4 aromatic rings. The molecule has 1 aromatic carbocycles. The average Bonchev–Trinajstić information content (AvgIpc) is 3.38. The van der Waals surface area contributed by atoms with E-state index in [-0.39, 0.29) is 17.5 Å². The van der Waals surface area contributed by atoms with Crippen molar-refractivity contribution < 1.29 is 19.0 Å². The van der Waals surface area contributed by atoms with Crippen LogP contribution in [-0.4, -0.2) is 51.8 Å². The first-order valence-corrected chi connectivity index (χ1v) is 16.7. The summed E-state index contributed by atoms with van der Waals surface area (Å²) in [5, 5.41) is 11.3. The molecule has 2 unspecified atom stereocenters. The maximum absolute atomic E-state index is 14.8. The van der Waals surface area contributed by atoms with Gasteiger partial charge in [0.2, 0.25) is 0 Å². The molecular weight excluding hydrogens is 616 g/mol. The molecule has 0 saturated carbocycles. The highest BCUT2D eigenvalue weighted by atomic mass is 32.2. The topological polar surface area (TPSA) is 113 Å². The molecule has 0 spiro atoms. The van der Waals surface area contributed by atoms with Crippen LogP contribution in [-0.2, 0) is 0 Å². The fourth-order valence-corrected chi connectivity index (χ4v) is 6.76. The Morgan fingerprint density at radius 1 is 1.06 bits per heavy atom. The molecule has 248 valence electrons. The van der Waals surface area contributed by atoms with Gasteiger partial charge in [0, 0.05) is 49.0 Å². The molecule has 3 aromatic heterocycles. The largest absolute Gasteiger partial charge is 0.493 e. The number of aliphatic hydroxyl groups excluding tert-OH is 1. The maximum Gasteiger partial charge on any atom is 0.265 e. The quantitative estimate of drug-likeness (QED) is 0.190. The van der Waals surface area contributed by atoms with Gasteiger partial charge in [-0.2, -0.15) is 0 Å². The molecule has 3 N–H and O–H groups in total. The summed E-state index contributed by atoms with van der Waals surface area (Å²) in [7, 11) is 1.00. The number of carbonyl (C=O) groups excluding carboxylic acids is 1. The van der Waals surface area contributed by atoms with Crippen molar-refractivity contribution in [3.05, 3.63) is 90.0 Å². The summed E-state index contributed by atoms with van der Waals surface area (Å²) in [4.78, 5) is 30.4. The zero-order valence-electron chi connectivity index (χ0n) is 27.5. The third-order valence-electron chi connectivity index (χ3n) is 8.29. The molecule has 2 aliphatic rings. The molecule has 5 heterocycles. The van der Waals surface area contributed by atoms with Gasteiger partial charge in [0.25, 0.3) is 5.91 Å². The lowest BCUT2D eigenvalue weighted by atomic mass is 9.91. The number of aliphatic hydroxyl groups is 1. The number of hydrogen-bond donors (Lipinski definition) is 3. The Balaban J connectivity index is 0.00000213. The second kappa shape index (κ2) is 15.1. The number of pyridine rings is 3. The summed E-state index contributed by atoms with van der Waals surface area (Å²) in [6, 6.07) is 19.9. The number of fused-ring (bicyclic) bond motifs is 6. The van der Waals surface area contributed by atoms with E-state index in [2.05, 4.69) is 33.8 Å². The van der Waals surface area contributed by atoms with E-state index < -0.39 is 5.82 Å². The van der Waals surface area contributed by atoms with Crippen molar-refractivity contribution in [2.75, 3.05) is 30.5 Å². The summed E-state index contributed by atoms with van der Waals surface area (Å²) in [5.74, 6) is 1.77. The van der Waals surface area contributed by atoms with Gasteiger partial charge in [-0.3, -0.25) is 14.5 Å². The normalized spacial score (nSPS) is 18.9. The van der Waals surface area contributed by atoms with Crippen molar-refractivity contribution >= 4 is 29.5 Å². The standard InChI is InChI=1S/C35H39FN6O2S.CH4O/c1-22(2)21-44-26-17-24(16-25(36)18-26)28-14-12-27-33(39-28)42-20-23(19-35(42,3)4)11-13-30(29-8-5-6-15-37-29)38-31-9-7-10-32(40-31)45-41-34(27)43;1-2/h5-10,12,14-18,22-23,30H,11,13,19-21H2,1-4H3,(H,38,40)(H,41,43);2H,1H3. The van der Waals surface area contributed by atoms with Crippen LogP contribution in [0.1, 0.15) is 69.1 Å². The molecule has 9 nitrogen and oxygen atoms in total. The number of ether oxygens (including phenoxy) is 1. The fourth-order valence-electron chi connectivity index (χ4n) is 6.16. The second-order valence-electron chi connectivity index (χ2n) is 12.9. The number of aromatic nitrogens is 3. The van der Waals surface area contributed by atoms with Crippen LogP contribution in [0.5, 0.6) is 5.75 Å². The van der Waals surface area contributed by atoms with Gasteiger partial charge in [0.05, 0.1) is 29.6 Å². The number of anilines is 2. The smallest absolute Gasteiger partial charge is 0.265 e. The SMILES string of the molecule is CC(C)COc1cc(F)cc(-c2ccc3c(n2)N2CC(CCC(c4ccccn4)Nc4cccc(n4)SNC3=O)CC2(C)C)c1.CO. The Labute approximate surface area is 280 Å². The molecule has 1 saturated heterocycles. The van der Waals surface area contributed by atoms with Gasteiger partial charge >= 0.3 is 0 Å². The summed E-state index contributed by atoms with van der Waals surface area (Å²) < 4.78 is 23.6. The molecule has 4 bridgehead atoms. The van der Waals surface area contributed by atoms with E-state index in [1.807, 2.05) is 62.5 Å². The summed E-state index contributed by atoms with van der Waals surface area (Å²) in [6.45, 7) is 9.72. The van der Waals surface area contributed by atoms with Crippen LogP contribution in [0.2, 0.25) is 0 Å². The molecule has 6 rings (SSSR count). The van der Waals surface area contributed by atoms with Crippen molar-refractivity contribution in [3.63, 3.8) is 0 Å². The van der Waals surface area contributed by atoms with Crippen molar-refractivity contribution in [1.29, 1.82) is 0 Å². The van der Waals surface area contributed by atoms with Crippen molar-refractivity contribution in [1.82, 2.24) is 19.7 Å². The highest BCUT2D eigenvalue weighted by Gasteiger charge is 2.41. The number of hydrogen-bond acceptors (Lipinski definition) is 9. The van der Waals surface area contributed by atoms with Gasteiger partial charge in [-0.05, 0) is 93.5 Å². The lowest BCUT2D eigenvalue weighted by Crippen LogP contribution is -2.40. The molecule has 1 fully saturated rings. The Morgan fingerprint density at radius 2 is 1.89 bits per heavy atom. The molecule has 2 atom stereocenters. The Bertz CT molecular complexity index is 1670. The van der Waals surface area contributed by atoms with E-state index in [1.165, 1.54) is 12.1 Å². The first kappa shape index (κ1) is 34.1. The molecule has 47 heavy (non-hydrogen) atoms. The number of benzene rings is 1. The fraction of sp³-hybridized carbons (Fsp3) is 0.389. The third kappa shape index (κ3) is 8.39. The average molecular weight is 659 g/mol. The van der Waals surface area contributed by atoms with Gasteiger partial charge in [-0.25, -0.2) is 14.4 Å². The molecule has 0 radical (unpaired) electrons. The predicted octanol–water partition coefficient (Wildman–Crippen LogP) is 7.31. The lowest BCUT2D eigenvalue weighted by molar-refractivity contribution is 0.0984. The zero-order chi connectivity index (χ0) is 33.6. The van der Waals surface area contributed by atoms with Crippen LogP contribution in [0.25, 0.3) is 11.3 Å². The first-order valence-electron chi connectivity index (χ1n) is 15.9. The Kier molecular flexibility index (Phi) is 11.0. The van der Waals surface area contributed by atoms with E-state index in [4.69, 9.17) is 19.8 Å². The van der Waals surface area contributed by atoms with E-state index in [9.17, 15) is 9.18 Å². The minimum absolute atomic E-state index is 0.0204. The first-order chi connectivity index (χ1) is 22.6. The number of halogens is 1. The highest BCUT2D eigenvalue weighted by Crippen LogP contribution is 2.41. The zero-order valence-corrected chi connectivity index (χ0v) is 28.4. The Morgan fingerprint density at radius 3 is 2.66 bits per heavy atom. The number of amides is 1. The molecule has 0 aliphatic carbocycles. The minimum atomic E-state index is -0.397. The van der Waals surface area contributed by atoms with E-state index >= 15 is 0 Å². The monoisotopic (exact) mass is 658 g/mol. The highest BCUT2D eigenvalue weighted by molar-refractivity contribution is 7.97. The predicted molar refractivity (Wildman–Crippen MR) is 185 cm³/mol. The lowest BCUT2D eigenvalue weighted by Gasteiger charge is -2.34. The van der Waals surface area contributed by atoms with Gasteiger partial charge < -0.3 is 20.1 Å². The van der Waals surface area contributed by atoms with Crippen LogP contribution in [0, 0.1) is 17.7 Å². The third-order valence-corrected chi connectivity index (χ3v) is 9.01. The Hall–Kier alpha value is -4.22. The summed E-state index contributed by atoms with van der Waals surface area (Å²) in [6.07, 6.45) is 4.57. The number of nitrogens with one attached hydrogen (secondary N) is 2. The summed E-state index contributed by atoms with van der Waals surface area (Å²) in [5.41, 5.74) is 2.34. The summed E-state index contributed by atoms with van der Waals surface area (Å²) >= 11 is 1.16. The van der Waals surface area contributed by atoms with E-state index in [1.54, 1.807) is 12.1 Å². The second-order valence-corrected chi connectivity index (χ2v) is 13.7. The van der Waals surface area contributed by atoms with Gasteiger partial charge in [0.1, 0.15) is 28.2 Å². The van der Waals surface area contributed by atoms with Gasteiger partial charge in [0.15, 0.2) is 0 Å².